The van der Waals surface area contributed by atoms with Crippen LogP contribution in [-0.2, 0) is 22.6 Å². The molecule has 1 fully saturated rings. The number of hydrogen-bond donors (Lipinski definition) is 2. The van der Waals surface area contributed by atoms with Crippen molar-refractivity contribution in [2.75, 3.05) is 30.4 Å². The third kappa shape index (κ3) is 3.75. The van der Waals surface area contributed by atoms with Crippen LogP contribution in [0.25, 0.3) is 0 Å². The molecule has 0 bridgehead atoms. The van der Waals surface area contributed by atoms with Gasteiger partial charge in [0.15, 0.2) is 0 Å². The van der Waals surface area contributed by atoms with Crippen LogP contribution in [0, 0.1) is 11.7 Å². The van der Waals surface area contributed by atoms with Gasteiger partial charge in [-0.3, -0.25) is 14.4 Å². The standard InChI is InChI=1S/C20H21FN4O3S/c1-24-7-6-14-15(10-24)29-20(17(14)18(22)27)23-19(28)11-8-16(26)25(9-11)13-4-2-12(21)3-5-13/h2-5,11H,6-10H2,1H3,(H2,22,27)(H,23,28). The SMILES string of the molecule is CN1CCc2c(sc(NC(=O)C3CC(=O)N(c4ccc(F)cc4)C3)c2C(N)=O)C1. The highest BCUT2D eigenvalue weighted by molar-refractivity contribution is 7.17. The molecule has 1 saturated heterocycles. The van der Waals surface area contributed by atoms with Gasteiger partial charge in [0.05, 0.1) is 11.5 Å². The van der Waals surface area contributed by atoms with E-state index in [4.69, 9.17) is 5.73 Å². The van der Waals surface area contributed by atoms with Gasteiger partial charge >= 0.3 is 0 Å². The van der Waals surface area contributed by atoms with Gasteiger partial charge in [-0.2, -0.15) is 0 Å². The number of nitrogens with zero attached hydrogens (tertiary/aromatic N) is 2. The third-order valence-electron chi connectivity index (χ3n) is 5.36. The molecule has 3 N–H and O–H groups in total. The molecule has 0 spiro atoms. The lowest BCUT2D eigenvalue weighted by Crippen LogP contribution is -2.29. The maximum Gasteiger partial charge on any atom is 0.251 e. The first-order valence-electron chi connectivity index (χ1n) is 9.33. The molecule has 7 nitrogen and oxygen atoms in total. The second kappa shape index (κ2) is 7.57. The van der Waals surface area contributed by atoms with Crippen LogP contribution in [0.15, 0.2) is 24.3 Å². The van der Waals surface area contributed by atoms with E-state index in [0.29, 0.717) is 29.2 Å². The minimum Gasteiger partial charge on any atom is -0.365 e. The van der Waals surface area contributed by atoms with Gasteiger partial charge in [0, 0.05) is 36.6 Å². The molecule has 1 unspecified atom stereocenters. The molecule has 0 saturated carbocycles. The Bertz CT molecular complexity index is 988. The highest BCUT2D eigenvalue weighted by Gasteiger charge is 2.36. The fourth-order valence-electron chi connectivity index (χ4n) is 3.85. The van der Waals surface area contributed by atoms with Crippen molar-refractivity contribution in [2.24, 2.45) is 11.7 Å². The molecule has 2 aliphatic heterocycles. The van der Waals surface area contributed by atoms with Gasteiger partial charge in [0.1, 0.15) is 10.8 Å². The van der Waals surface area contributed by atoms with Crippen LogP contribution in [0.5, 0.6) is 0 Å². The number of benzene rings is 1. The summed E-state index contributed by atoms with van der Waals surface area (Å²) in [5.74, 6) is -2.02. The number of nitrogens with two attached hydrogens (primary N) is 1. The van der Waals surface area contributed by atoms with Crippen LogP contribution >= 0.6 is 11.3 Å². The highest BCUT2D eigenvalue weighted by atomic mass is 32.1. The van der Waals surface area contributed by atoms with Crippen molar-refractivity contribution in [1.82, 2.24) is 4.90 Å². The number of carbonyl (C=O) groups excluding carboxylic acids is 3. The maximum absolute atomic E-state index is 13.1. The van der Waals surface area contributed by atoms with Gasteiger partial charge in [0.25, 0.3) is 5.91 Å². The normalized spacial score (nSPS) is 19.3. The number of carbonyl (C=O) groups is 3. The van der Waals surface area contributed by atoms with Crippen LogP contribution in [0.1, 0.15) is 27.2 Å². The predicted octanol–water partition coefficient (Wildman–Crippen LogP) is 1.97. The van der Waals surface area contributed by atoms with Crippen molar-refractivity contribution in [2.45, 2.75) is 19.4 Å². The van der Waals surface area contributed by atoms with Crippen molar-refractivity contribution in [3.05, 3.63) is 46.1 Å². The Kier molecular flexibility index (Phi) is 5.10. The number of anilines is 2. The summed E-state index contributed by atoms with van der Waals surface area (Å²) in [6, 6.07) is 5.59. The molecule has 0 radical (unpaired) electrons. The molecule has 9 heteroatoms. The zero-order valence-electron chi connectivity index (χ0n) is 15.9. The first-order chi connectivity index (χ1) is 13.8. The Hall–Kier alpha value is -2.78. The minimum atomic E-state index is -0.560. The number of amides is 3. The minimum absolute atomic E-state index is 0.0585. The van der Waals surface area contributed by atoms with Gasteiger partial charge < -0.3 is 20.9 Å². The fourth-order valence-corrected chi connectivity index (χ4v) is 5.18. The van der Waals surface area contributed by atoms with Crippen LogP contribution in [-0.4, -0.2) is 42.8 Å². The van der Waals surface area contributed by atoms with Gasteiger partial charge in [0.2, 0.25) is 11.8 Å². The van der Waals surface area contributed by atoms with Crippen LogP contribution < -0.4 is 16.0 Å². The van der Waals surface area contributed by atoms with Crippen LogP contribution in [0.2, 0.25) is 0 Å². The Balaban J connectivity index is 1.52. The van der Waals surface area contributed by atoms with Crippen LogP contribution in [0.4, 0.5) is 15.1 Å². The number of primary amides is 1. The van der Waals surface area contributed by atoms with Crippen molar-refractivity contribution in [3.8, 4) is 0 Å². The van der Waals surface area contributed by atoms with Crippen molar-refractivity contribution >= 4 is 39.7 Å². The summed E-state index contributed by atoms with van der Waals surface area (Å²) in [6.07, 6.45) is 0.764. The fraction of sp³-hybridized carbons (Fsp3) is 0.350. The Morgan fingerprint density at radius 3 is 2.69 bits per heavy atom. The van der Waals surface area contributed by atoms with Crippen molar-refractivity contribution < 1.29 is 18.8 Å². The first-order valence-corrected chi connectivity index (χ1v) is 10.1. The third-order valence-corrected chi connectivity index (χ3v) is 6.50. The van der Waals surface area contributed by atoms with E-state index in [2.05, 4.69) is 10.2 Å². The lowest BCUT2D eigenvalue weighted by atomic mass is 10.0. The molecule has 1 aromatic carbocycles. The smallest absolute Gasteiger partial charge is 0.251 e. The van der Waals surface area contributed by atoms with E-state index in [0.717, 1.165) is 17.0 Å². The number of rotatable bonds is 4. The summed E-state index contributed by atoms with van der Waals surface area (Å²) in [4.78, 5) is 41.9. The lowest BCUT2D eigenvalue weighted by molar-refractivity contribution is -0.122. The molecule has 1 atom stereocenters. The predicted molar refractivity (Wildman–Crippen MR) is 108 cm³/mol. The summed E-state index contributed by atoms with van der Waals surface area (Å²) in [5, 5.41) is 3.28. The van der Waals surface area contributed by atoms with E-state index in [9.17, 15) is 18.8 Å². The molecule has 2 aliphatic rings. The van der Waals surface area contributed by atoms with E-state index in [1.54, 1.807) is 0 Å². The monoisotopic (exact) mass is 416 g/mol. The molecule has 3 heterocycles. The molecule has 3 amide bonds. The van der Waals surface area contributed by atoms with Gasteiger partial charge in [-0.25, -0.2) is 4.39 Å². The molecular weight excluding hydrogens is 395 g/mol. The van der Waals surface area contributed by atoms with E-state index in [1.807, 2.05) is 7.05 Å². The van der Waals surface area contributed by atoms with Crippen LogP contribution in [0.3, 0.4) is 0 Å². The van der Waals surface area contributed by atoms with E-state index in [1.165, 1.54) is 40.5 Å². The van der Waals surface area contributed by atoms with E-state index in [-0.39, 0.29) is 30.6 Å². The summed E-state index contributed by atoms with van der Waals surface area (Å²) in [6.45, 7) is 1.73. The zero-order valence-corrected chi connectivity index (χ0v) is 16.7. The quantitative estimate of drug-likeness (QED) is 0.797. The summed E-state index contributed by atoms with van der Waals surface area (Å²) < 4.78 is 13.1. The Labute approximate surface area is 171 Å². The lowest BCUT2D eigenvalue weighted by Gasteiger charge is -2.22. The number of halogens is 1. The average Bonchev–Trinajstić information content (AvgIpc) is 3.22. The van der Waals surface area contributed by atoms with Gasteiger partial charge in [-0.15, -0.1) is 11.3 Å². The van der Waals surface area contributed by atoms with Gasteiger partial charge in [-0.05, 0) is 43.3 Å². The molecule has 2 aromatic rings. The van der Waals surface area contributed by atoms with Gasteiger partial charge in [-0.1, -0.05) is 0 Å². The topological polar surface area (TPSA) is 95.7 Å². The molecule has 4 rings (SSSR count). The molecule has 152 valence electrons. The Morgan fingerprint density at radius 1 is 1.28 bits per heavy atom. The van der Waals surface area contributed by atoms with Crippen molar-refractivity contribution in [1.29, 1.82) is 0 Å². The maximum atomic E-state index is 13.1. The summed E-state index contributed by atoms with van der Waals surface area (Å²) in [7, 11) is 2.00. The number of nitrogens with one attached hydrogen (secondary N) is 1. The molecule has 1 aromatic heterocycles. The van der Waals surface area contributed by atoms with Crippen molar-refractivity contribution in [3.63, 3.8) is 0 Å². The second-order valence-electron chi connectivity index (χ2n) is 7.43. The molecule has 0 aliphatic carbocycles. The van der Waals surface area contributed by atoms with E-state index >= 15 is 0 Å². The number of hydrogen-bond acceptors (Lipinski definition) is 5. The highest BCUT2D eigenvalue weighted by Crippen LogP contribution is 2.37. The summed E-state index contributed by atoms with van der Waals surface area (Å²) in [5.41, 5.74) is 7.43. The first kappa shape index (κ1) is 19.5. The largest absolute Gasteiger partial charge is 0.365 e. The Morgan fingerprint density at radius 2 is 2.00 bits per heavy atom. The molecule has 29 heavy (non-hydrogen) atoms. The number of likely N-dealkylation sites (N-methyl/N-ethyl adjacent to an activating group) is 1. The molecular formula is C20H21FN4O3S. The summed E-state index contributed by atoms with van der Waals surface area (Å²) >= 11 is 1.37. The second-order valence-corrected chi connectivity index (χ2v) is 8.54. The zero-order chi connectivity index (χ0) is 20.7. The van der Waals surface area contributed by atoms with E-state index < -0.39 is 11.8 Å². The number of fused-ring (bicyclic) bond motifs is 1. The average molecular weight is 416 g/mol. The number of thiophene rings is 1.